The van der Waals surface area contributed by atoms with Crippen LogP contribution in [0.25, 0.3) is 10.9 Å². The van der Waals surface area contributed by atoms with Crippen LogP contribution in [0.1, 0.15) is 12.6 Å². The van der Waals surface area contributed by atoms with E-state index in [0.29, 0.717) is 6.54 Å². The monoisotopic (exact) mass is 269 g/mol. The Morgan fingerprint density at radius 3 is 2.60 bits per heavy atom. The number of aromatic nitrogens is 2. The number of nitrogens with zero attached hydrogens (tertiary/aromatic N) is 2. The number of aryl methyl sites for hydroxylation is 1. The highest BCUT2D eigenvalue weighted by atomic mass is 19.1. The molecule has 0 bridgehead atoms. The van der Waals surface area contributed by atoms with Crippen LogP contribution < -0.4 is 5.32 Å². The zero-order valence-electron chi connectivity index (χ0n) is 11.3. The van der Waals surface area contributed by atoms with E-state index >= 15 is 0 Å². The molecule has 0 saturated carbocycles. The lowest BCUT2D eigenvalue weighted by Gasteiger charge is -2.04. The van der Waals surface area contributed by atoms with Crippen molar-refractivity contribution in [3.8, 4) is 0 Å². The second kappa shape index (κ2) is 5.33. The summed E-state index contributed by atoms with van der Waals surface area (Å²) in [5, 5.41) is 9.05. The molecule has 1 aromatic heterocycles. The predicted molar refractivity (Wildman–Crippen MR) is 79.1 cm³/mol. The summed E-state index contributed by atoms with van der Waals surface area (Å²) in [5.74, 6) is -0.226. The van der Waals surface area contributed by atoms with Crippen LogP contribution in [-0.4, -0.2) is 9.78 Å². The third-order valence-electron chi connectivity index (χ3n) is 3.34. The lowest BCUT2D eigenvalue weighted by atomic mass is 10.2. The van der Waals surface area contributed by atoms with Gasteiger partial charge in [-0.1, -0.05) is 18.2 Å². The molecule has 4 heteroatoms. The van der Waals surface area contributed by atoms with Gasteiger partial charge in [0.15, 0.2) is 0 Å². The van der Waals surface area contributed by atoms with Gasteiger partial charge in [-0.15, -0.1) is 0 Å². The molecule has 0 aliphatic heterocycles. The molecule has 0 aliphatic rings. The number of hydrogen-bond donors (Lipinski definition) is 1. The molecule has 1 N–H and O–H groups in total. The maximum Gasteiger partial charge on any atom is 0.123 e. The Balaban J connectivity index is 1.85. The first-order valence-electron chi connectivity index (χ1n) is 6.72. The normalized spacial score (nSPS) is 10.9. The zero-order chi connectivity index (χ0) is 13.9. The Morgan fingerprint density at radius 2 is 1.85 bits per heavy atom. The number of para-hydroxylation sites is 1. The first kappa shape index (κ1) is 12.7. The Hall–Kier alpha value is -2.36. The van der Waals surface area contributed by atoms with Gasteiger partial charge in [0.25, 0.3) is 0 Å². The summed E-state index contributed by atoms with van der Waals surface area (Å²) in [6.07, 6.45) is 0. The van der Waals surface area contributed by atoms with Crippen LogP contribution in [0.15, 0.2) is 48.5 Å². The van der Waals surface area contributed by atoms with Gasteiger partial charge in [-0.25, -0.2) is 4.39 Å². The van der Waals surface area contributed by atoms with Crippen LogP contribution in [0.5, 0.6) is 0 Å². The minimum Gasteiger partial charge on any atom is -0.379 e. The number of fused-ring (bicyclic) bond motifs is 1. The van der Waals surface area contributed by atoms with Crippen molar-refractivity contribution in [1.82, 2.24) is 9.78 Å². The summed E-state index contributed by atoms with van der Waals surface area (Å²) in [4.78, 5) is 0. The largest absolute Gasteiger partial charge is 0.379 e. The van der Waals surface area contributed by atoms with Crippen molar-refractivity contribution in [1.29, 1.82) is 0 Å². The van der Waals surface area contributed by atoms with E-state index in [1.165, 1.54) is 12.1 Å². The lowest BCUT2D eigenvalue weighted by molar-refractivity contribution is 0.628. The van der Waals surface area contributed by atoms with Crippen LogP contribution in [0.4, 0.5) is 10.1 Å². The van der Waals surface area contributed by atoms with Gasteiger partial charge in [0.1, 0.15) is 5.82 Å². The van der Waals surface area contributed by atoms with Crippen molar-refractivity contribution in [2.24, 2.45) is 0 Å². The standard InChI is InChI=1S/C16H16FN3/c1-2-20-16-6-4-3-5-14(16)15(19-20)11-18-13-9-7-12(17)8-10-13/h3-10,18H,2,11H2,1H3. The zero-order valence-corrected chi connectivity index (χ0v) is 11.3. The van der Waals surface area contributed by atoms with Gasteiger partial charge in [0, 0.05) is 17.6 Å². The molecule has 0 aliphatic carbocycles. The van der Waals surface area contributed by atoms with Crippen LogP contribution in [-0.2, 0) is 13.1 Å². The Kier molecular flexibility index (Phi) is 3.37. The maximum absolute atomic E-state index is 12.9. The Bertz CT molecular complexity index is 716. The fourth-order valence-corrected chi connectivity index (χ4v) is 2.32. The van der Waals surface area contributed by atoms with E-state index in [9.17, 15) is 4.39 Å². The highest BCUT2D eigenvalue weighted by Gasteiger charge is 2.08. The molecule has 3 aromatic rings. The summed E-state index contributed by atoms with van der Waals surface area (Å²) < 4.78 is 14.9. The first-order valence-corrected chi connectivity index (χ1v) is 6.72. The highest BCUT2D eigenvalue weighted by Crippen LogP contribution is 2.19. The van der Waals surface area contributed by atoms with Crippen molar-refractivity contribution < 1.29 is 4.39 Å². The molecule has 3 rings (SSSR count). The molecule has 20 heavy (non-hydrogen) atoms. The van der Waals surface area contributed by atoms with Gasteiger partial charge in [0.05, 0.1) is 17.8 Å². The third-order valence-corrected chi connectivity index (χ3v) is 3.34. The van der Waals surface area contributed by atoms with Gasteiger partial charge in [0.2, 0.25) is 0 Å². The average molecular weight is 269 g/mol. The van der Waals surface area contributed by atoms with Crippen molar-refractivity contribution in [3.63, 3.8) is 0 Å². The number of halogens is 1. The summed E-state index contributed by atoms with van der Waals surface area (Å²) in [5.41, 5.74) is 3.04. The summed E-state index contributed by atoms with van der Waals surface area (Å²) in [6.45, 7) is 3.55. The quantitative estimate of drug-likeness (QED) is 0.780. The van der Waals surface area contributed by atoms with Crippen molar-refractivity contribution >= 4 is 16.6 Å². The fourth-order valence-electron chi connectivity index (χ4n) is 2.32. The lowest BCUT2D eigenvalue weighted by Crippen LogP contribution is -2.02. The molecular weight excluding hydrogens is 253 g/mol. The third kappa shape index (κ3) is 2.37. The molecule has 0 unspecified atom stereocenters. The van der Waals surface area contributed by atoms with Crippen LogP contribution in [0.3, 0.4) is 0 Å². The minimum absolute atomic E-state index is 0.226. The molecular formula is C16H16FN3. The number of benzene rings is 2. The molecule has 102 valence electrons. The smallest absolute Gasteiger partial charge is 0.123 e. The molecule has 3 nitrogen and oxygen atoms in total. The number of nitrogens with one attached hydrogen (secondary N) is 1. The second-order valence-electron chi connectivity index (χ2n) is 4.64. The molecule has 0 saturated heterocycles. The van der Waals surface area contributed by atoms with Gasteiger partial charge in [-0.05, 0) is 37.3 Å². The molecule has 0 spiro atoms. The van der Waals surface area contributed by atoms with Crippen molar-refractivity contribution in [2.75, 3.05) is 5.32 Å². The maximum atomic E-state index is 12.9. The van der Waals surface area contributed by atoms with E-state index in [0.717, 1.165) is 28.8 Å². The van der Waals surface area contributed by atoms with E-state index in [4.69, 9.17) is 0 Å². The van der Waals surface area contributed by atoms with Crippen LogP contribution >= 0.6 is 0 Å². The minimum atomic E-state index is -0.226. The molecule has 0 atom stereocenters. The molecule has 0 amide bonds. The van der Waals surface area contributed by atoms with Gasteiger partial charge in [-0.2, -0.15) is 5.10 Å². The van der Waals surface area contributed by atoms with E-state index in [1.807, 2.05) is 16.8 Å². The summed E-state index contributed by atoms with van der Waals surface area (Å²) >= 11 is 0. The van der Waals surface area contributed by atoms with E-state index in [1.54, 1.807) is 12.1 Å². The van der Waals surface area contributed by atoms with E-state index in [-0.39, 0.29) is 5.82 Å². The van der Waals surface area contributed by atoms with Crippen LogP contribution in [0.2, 0.25) is 0 Å². The predicted octanol–water partition coefficient (Wildman–Crippen LogP) is 3.81. The topological polar surface area (TPSA) is 29.9 Å². The fraction of sp³-hybridized carbons (Fsp3) is 0.188. The highest BCUT2D eigenvalue weighted by molar-refractivity contribution is 5.82. The average Bonchev–Trinajstić information content (AvgIpc) is 2.85. The summed E-state index contributed by atoms with van der Waals surface area (Å²) in [6, 6.07) is 14.6. The van der Waals surface area contributed by atoms with Gasteiger partial charge >= 0.3 is 0 Å². The van der Waals surface area contributed by atoms with Crippen molar-refractivity contribution in [2.45, 2.75) is 20.0 Å². The van der Waals surface area contributed by atoms with E-state index in [2.05, 4.69) is 29.5 Å². The number of anilines is 1. The van der Waals surface area contributed by atoms with Crippen LogP contribution in [0, 0.1) is 5.82 Å². The van der Waals surface area contributed by atoms with E-state index < -0.39 is 0 Å². The molecule has 2 aromatic carbocycles. The SMILES string of the molecule is CCn1nc(CNc2ccc(F)cc2)c2ccccc21. The summed E-state index contributed by atoms with van der Waals surface area (Å²) in [7, 11) is 0. The van der Waals surface area contributed by atoms with Crippen molar-refractivity contribution in [3.05, 3.63) is 60.0 Å². The molecule has 0 fully saturated rings. The second-order valence-corrected chi connectivity index (χ2v) is 4.64. The number of rotatable bonds is 4. The Morgan fingerprint density at radius 1 is 1.10 bits per heavy atom. The molecule has 1 heterocycles. The molecule has 0 radical (unpaired) electrons. The first-order chi connectivity index (χ1) is 9.78. The number of hydrogen-bond acceptors (Lipinski definition) is 2. The van der Waals surface area contributed by atoms with Gasteiger partial charge < -0.3 is 5.32 Å². The van der Waals surface area contributed by atoms with Gasteiger partial charge in [-0.3, -0.25) is 4.68 Å². The Labute approximate surface area is 117 Å².